The zero-order valence-electron chi connectivity index (χ0n) is 11.9. The van der Waals surface area contributed by atoms with Crippen LogP contribution in [-0.2, 0) is 4.79 Å². The third-order valence-electron chi connectivity index (χ3n) is 4.62. The molecule has 0 aromatic rings. The Morgan fingerprint density at radius 3 is 2.67 bits per heavy atom. The smallest absolute Gasteiger partial charge is 0.243 e. The molecule has 1 aliphatic carbocycles. The molecule has 2 aliphatic rings. The van der Waals surface area contributed by atoms with Crippen LogP contribution in [0.1, 0.15) is 46.0 Å². The van der Waals surface area contributed by atoms with Crippen LogP contribution >= 0.6 is 11.8 Å². The minimum Gasteiger partial charge on any atom is -0.324 e. The van der Waals surface area contributed by atoms with E-state index < -0.39 is 0 Å². The molecule has 1 N–H and O–H groups in total. The van der Waals surface area contributed by atoms with Gasteiger partial charge in [0, 0.05) is 12.3 Å². The van der Waals surface area contributed by atoms with Crippen molar-refractivity contribution in [1.29, 1.82) is 0 Å². The molecule has 0 aromatic heterocycles. The molecule has 1 saturated carbocycles. The average Bonchev–Trinajstić information content (AvgIpc) is 2.97. The largest absolute Gasteiger partial charge is 0.324 e. The maximum absolute atomic E-state index is 12.6. The van der Waals surface area contributed by atoms with Crippen LogP contribution in [0.5, 0.6) is 0 Å². The Hall–Kier alpha value is -0.220. The Morgan fingerprint density at radius 1 is 1.44 bits per heavy atom. The summed E-state index contributed by atoms with van der Waals surface area (Å²) in [5.74, 6) is 2.02. The molecule has 0 spiro atoms. The molecular weight excluding hydrogens is 244 g/mol. The van der Waals surface area contributed by atoms with E-state index in [0.717, 1.165) is 18.7 Å². The summed E-state index contributed by atoms with van der Waals surface area (Å²) in [6, 6.07) is 0. The van der Waals surface area contributed by atoms with Gasteiger partial charge in [-0.25, -0.2) is 0 Å². The number of nitrogens with one attached hydrogen (secondary N) is 1. The van der Waals surface area contributed by atoms with Gasteiger partial charge in [0.1, 0.15) is 0 Å². The predicted molar refractivity (Wildman–Crippen MR) is 77.7 cm³/mol. The Bertz CT molecular complexity index is 304. The van der Waals surface area contributed by atoms with E-state index in [9.17, 15) is 4.79 Å². The zero-order chi connectivity index (χ0) is 13.2. The van der Waals surface area contributed by atoms with Gasteiger partial charge < -0.3 is 4.90 Å². The summed E-state index contributed by atoms with van der Waals surface area (Å²) in [5, 5.41) is 3.63. The lowest BCUT2D eigenvalue weighted by atomic mass is 9.99. The summed E-state index contributed by atoms with van der Waals surface area (Å²) in [7, 11) is 0. The second kappa shape index (κ2) is 5.83. The van der Waals surface area contributed by atoms with Crippen molar-refractivity contribution < 1.29 is 4.79 Å². The van der Waals surface area contributed by atoms with Gasteiger partial charge in [-0.05, 0) is 38.4 Å². The highest BCUT2D eigenvalue weighted by atomic mass is 32.2. The second-order valence-corrected chi connectivity index (χ2v) is 6.80. The normalized spacial score (nSPS) is 33.6. The van der Waals surface area contributed by atoms with Crippen LogP contribution in [-0.4, -0.2) is 41.1 Å². The molecule has 1 heterocycles. The molecule has 1 aliphatic heterocycles. The van der Waals surface area contributed by atoms with E-state index in [1.807, 2.05) is 11.8 Å². The number of nitrogens with zero attached hydrogens (tertiary/aromatic N) is 1. The van der Waals surface area contributed by atoms with Crippen molar-refractivity contribution in [2.75, 3.05) is 18.6 Å². The lowest BCUT2D eigenvalue weighted by Gasteiger charge is -2.28. The van der Waals surface area contributed by atoms with Gasteiger partial charge in [-0.1, -0.05) is 19.8 Å². The average molecular weight is 270 g/mol. The minimum absolute atomic E-state index is 0.289. The number of amides is 1. The van der Waals surface area contributed by atoms with Crippen LogP contribution in [0.4, 0.5) is 0 Å². The van der Waals surface area contributed by atoms with Crippen molar-refractivity contribution in [1.82, 2.24) is 10.2 Å². The Kier molecular flexibility index (Phi) is 4.59. The fourth-order valence-corrected chi connectivity index (χ4v) is 3.62. The first-order valence-electron chi connectivity index (χ1n) is 7.20. The molecule has 0 aromatic carbocycles. The summed E-state index contributed by atoms with van der Waals surface area (Å²) >= 11 is 1.82. The molecule has 2 atom stereocenters. The standard InChI is InChI=1S/C14H26N2OS/c1-4-14(2)13(17)16(9-10-18-3)12(15-14)11-7-5-6-8-11/h11-12,15H,4-10H2,1-3H3. The van der Waals surface area contributed by atoms with Gasteiger partial charge in [-0.2, -0.15) is 11.8 Å². The first-order valence-corrected chi connectivity index (χ1v) is 8.59. The van der Waals surface area contributed by atoms with Crippen molar-refractivity contribution >= 4 is 17.7 Å². The number of carbonyl (C=O) groups is 1. The number of hydrogen-bond donors (Lipinski definition) is 1. The molecule has 2 fully saturated rings. The Labute approximate surface area is 115 Å². The monoisotopic (exact) mass is 270 g/mol. The van der Waals surface area contributed by atoms with Gasteiger partial charge in [0.05, 0.1) is 11.7 Å². The SMILES string of the molecule is CCC1(C)NC(C2CCCC2)N(CCSC)C1=O. The van der Waals surface area contributed by atoms with E-state index >= 15 is 0 Å². The zero-order valence-corrected chi connectivity index (χ0v) is 12.7. The van der Waals surface area contributed by atoms with Crippen molar-refractivity contribution in [3.8, 4) is 0 Å². The molecule has 0 radical (unpaired) electrons. The van der Waals surface area contributed by atoms with E-state index in [-0.39, 0.29) is 11.7 Å². The highest BCUT2D eigenvalue weighted by Crippen LogP contribution is 2.35. The van der Waals surface area contributed by atoms with Crippen LogP contribution in [0.2, 0.25) is 0 Å². The molecule has 0 bridgehead atoms. The predicted octanol–water partition coefficient (Wildman–Crippen LogP) is 2.47. The molecule has 104 valence electrons. The summed E-state index contributed by atoms with van der Waals surface area (Å²) in [6.45, 7) is 5.06. The molecular formula is C14H26N2OS. The van der Waals surface area contributed by atoms with E-state index in [2.05, 4.69) is 30.3 Å². The van der Waals surface area contributed by atoms with Crippen LogP contribution in [0.3, 0.4) is 0 Å². The second-order valence-electron chi connectivity index (χ2n) is 5.81. The first kappa shape index (κ1) is 14.2. The summed E-state index contributed by atoms with van der Waals surface area (Å²) in [5.41, 5.74) is -0.328. The molecule has 1 amide bonds. The van der Waals surface area contributed by atoms with Gasteiger partial charge in [-0.15, -0.1) is 0 Å². The quantitative estimate of drug-likeness (QED) is 0.833. The van der Waals surface area contributed by atoms with Crippen LogP contribution in [0, 0.1) is 5.92 Å². The lowest BCUT2D eigenvalue weighted by Crippen LogP contribution is -2.45. The van der Waals surface area contributed by atoms with E-state index in [4.69, 9.17) is 0 Å². The number of hydrogen-bond acceptors (Lipinski definition) is 3. The van der Waals surface area contributed by atoms with Crippen molar-refractivity contribution in [2.45, 2.75) is 57.7 Å². The number of rotatable bonds is 5. The van der Waals surface area contributed by atoms with Crippen molar-refractivity contribution in [2.24, 2.45) is 5.92 Å². The lowest BCUT2D eigenvalue weighted by molar-refractivity contribution is -0.133. The molecule has 4 heteroatoms. The Morgan fingerprint density at radius 2 is 2.11 bits per heavy atom. The maximum atomic E-state index is 12.6. The van der Waals surface area contributed by atoms with E-state index in [1.165, 1.54) is 25.7 Å². The third-order valence-corrected chi connectivity index (χ3v) is 5.22. The molecule has 3 nitrogen and oxygen atoms in total. The van der Waals surface area contributed by atoms with Crippen LogP contribution < -0.4 is 5.32 Å². The third kappa shape index (κ3) is 2.55. The molecule has 1 saturated heterocycles. The number of thioether (sulfide) groups is 1. The van der Waals surface area contributed by atoms with Crippen molar-refractivity contribution in [3.63, 3.8) is 0 Å². The molecule has 18 heavy (non-hydrogen) atoms. The van der Waals surface area contributed by atoms with Gasteiger partial charge in [0.15, 0.2) is 0 Å². The van der Waals surface area contributed by atoms with E-state index in [0.29, 0.717) is 11.8 Å². The molecule has 2 rings (SSSR count). The van der Waals surface area contributed by atoms with Crippen molar-refractivity contribution in [3.05, 3.63) is 0 Å². The maximum Gasteiger partial charge on any atom is 0.243 e. The van der Waals surface area contributed by atoms with Gasteiger partial charge in [0.2, 0.25) is 5.91 Å². The summed E-state index contributed by atoms with van der Waals surface area (Å²) in [6.07, 6.45) is 8.49. The van der Waals surface area contributed by atoms with Gasteiger partial charge in [0.25, 0.3) is 0 Å². The topological polar surface area (TPSA) is 32.3 Å². The highest BCUT2D eigenvalue weighted by Gasteiger charge is 2.48. The minimum atomic E-state index is -0.328. The fourth-order valence-electron chi connectivity index (χ4n) is 3.24. The fraction of sp³-hybridized carbons (Fsp3) is 0.929. The summed E-state index contributed by atoms with van der Waals surface area (Å²) in [4.78, 5) is 14.7. The first-order chi connectivity index (χ1) is 8.62. The number of carbonyl (C=O) groups excluding carboxylic acids is 1. The van der Waals surface area contributed by atoms with Crippen LogP contribution in [0.25, 0.3) is 0 Å². The highest BCUT2D eigenvalue weighted by molar-refractivity contribution is 7.98. The Balaban J connectivity index is 2.12. The van der Waals surface area contributed by atoms with Crippen LogP contribution in [0.15, 0.2) is 0 Å². The molecule has 2 unspecified atom stereocenters. The van der Waals surface area contributed by atoms with Gasteiger partial charge >= 0.3 is 0 Å². The van der Waals surface area contributed by atoms with E-state index in [1.54, 1.807) is 0 Å². The van der Waals surface area contributed by atoms with Gasteiger partial charge in [-0.3, -0.25) is 10.1 Å². The summed E-state index contributed by atoms with van der Waals surface area (Å²) < 4.78 is 0.